The molecule has 1 aliphatic rings. The van der Waals surface area contributed by atoms with E-state index >= 15 is 0 Å². The first-order valence-electron chi connectivity index (χ1n) is 6.69. The lowest BCUT2D eigenvalue weighted by molar-refractivity contribution is 0.0771. The molecule has 3 rings (SSSR count). The molecule has 0 radical (unpaired) electrons. The standard InChI is InChI=1S/C13H15BrN4O2S/c1-18(6-9-5-8(14)7-21-9)13(19)11-16-12(20-17-11)10-3-2-4-15-10/h5,7,10,15H,2-4,6H2,1H3. The summed E-state index contributed by atoms with van der Waals surface area (Å²) in [6.45, 7) is 1.48. The van der Waals surface area contributed by atoms with Gasteiger partial charge in [0.15, 0.2) is 0 Å². The Bertz CT molecular complexity index is 636. The second-order valence-electron chi connectivity index (χ2n) is 5.00. The summed E-state index contributed by atoms with van der Waals surface area (Å²) in [4.78, 5) is 19.2. The zero-order valence-electron chi connectivity index (χ0n) is 11.5. The van der Waals surface area contributed by atoms with Gasteiger partial charge in [-0.25, -0.2) is 0 Å². The van der Waals surface area contributed by atoms with E-state index in [0.29, 0.717) is 12.4 Å². The van der Waals surface area contributed by atoms with Gasteiger partial charge in [0.1, 0.15) is 0 Å². The maximum Gasteiger partial charge on any atom is 0.295 e. The highest BCUT2D eigenvalue weighted by Crippen LogP contribution is 2.23. The van der Waals surface area contributed by atoms with Gasteiger partial charge >= 0.3 is 0 Å². The first kappa shape index (κ1) is 14.7. The monoisotopic (exact) mass is 370 g/mol. The molecule has 1 atom stereocenters. The number of nitrogens with zero attached hydrogens (tertiary/aromatic N) is 3. The Kier molecular flexibility index (Phi) is 4.37. The van der Waals surface area contributed by atoms with Gasteiger partial charge in [0.05, 0.1) is 12.6 Å². The Labute approximate surface area is 134 Å². The number of hydrogen-bond donors (Lipinski definition) is 1. The topological polar surface area (TPSA) is 71.3 Å². The molecule has 1 N–H and O–H groups in total. The molecule has 3 heterocycles. The van der Waals surface area contributed by atoms with Gasteiger partial charge in [0.25, 0.3) is 11.7 Å². The second kappa shape index (κ2) is 6.25. The number of halogens is 1. The highest BCUT2D eigenvalue weighted by atomic mass is 79.9. The molecular weight excluding hydrogens is 356 g/mol. The Morgan fingerprint density at radius 3 is 3.19 bits per heavy atom. The predicted molar refractivity (Wildman–Crippen MR) is 82.1 cm³/mol. The summed E-state index contributed by atoms with van der Waals surface area (Å²) in [6.07, 6.45) is 2.05. The van der Waals surface area contributed by atoms with Crippen LogP contribution in [0.15, 0.2) is 20.4 Å². The molecule has 0 saturated carbocycles. The molecule has 0 aliphatic carbocycles. The van der Waals surface area contributed by atoms with Crippen LogP contribution in [0.3, 0.4) is 0 Å². The highest BCUT2D eigenvalue weighted by molar-refractivity contribution is 9.10. The van der Waals surface area contributed by atoms with Crippen LogP contribution in [0.1, 0.15) is 40.3 Å². The third-order valence-electron chi connectivity index (χ3n) is 3.35. The number of nitrogens with one attached hydrogen (secondary N) is 1. The van der Waals surface area contributed by atoms with Crippen molar-refractivity contribution in [3.8, 4) is 0 Å². The minimum atomic E-state index is -0.229. The molecule has 0 bridgehead atoms. The molecule has 6 nitrogen and oxygen atoms in total. The van der Waals surface area contributed by atoms with Crippen molar-refractivity contribution < 1.29 is 9.32 Å². The van der Waals surface area contributed by atoms with E-state index in [1.165, 1.54) is 0 Å². The van der Waals surface area contributed by atoms with Crippen LogP contribution < -0.4 is 5.32 Å². The molecule has 2 aromatic rings. The molecule has 0 spiro atoms. The van der Waals surface area contributed by atoms with Crippen molar-refractivity contribution >= 4 is 33.2 Å². The number of amides is 1. The highest BCUT2D eigenvalue weighted by Gasteiger charge is 2.25. The number of thiophene rings is 1. The summed E-state index contributed by atoms with van der Waals surface area (Å²) in [5, 5.41) is 9.07. The Balaban J connectivity index is 1.66. The number of aromatic nitrogens is 2. The van der Waals surface area contributed by atoms with E-state index in [0.717, 1.165) is 28.7 Å². The lowest BCUT2D eigenvalue weighted by Crippen LogP contribution is -2.27. The lowest BCUT2D eigenvalue weighted by atomic mass is 10.2. The normalized spacial score (nSPS) is 18.1. The summed E-state index contributed by atoms with van der Waals surface area (Å²) >= 11 is 5.01. The molecule has 21 heavy (non-hydrogen) atoms. The van der Waals surface area contributed by atoms with Crippen molar-refractivity contribution in [2.45, 2.75) is 25.4 Å². The minimum Gasteiger partial charge on any atom is -0.337 e. The summed E-state index contributed by atoms with van der Waals surface area (Å²) in [7, 11) is 1.74. The number of rotatable bonds is 4. The third-order valence-corrected chi connectivity index (χ3v) is 5.04. The van der Waals surface area contributed by atoms with E-state index in [2.05, 4.69) is 31.4 Å². The molecule has 2 aromatic heterocycles. The van der Waals surface area contributed by atoms with Gasteiger partial charge in [0.2, 0.25) is 5.89 Å². The van der Waals surface area contributed by atoms with E-state index in [4.69, 9.17) is 4.52 Å². The average molecular weight is 371 g/mol. The minimum absolute atomic E-state index is 0.0811. The molecule has 0 aromatic carbocycles. The molecule has 112 valence electrons. The van der Waals surface area contributed by atoms with Crippen LogP contribution in [0.25, 0.3) is 0 Å². The van der Waals surface area contributed by atoms with E-state index in [9.17, 15) is 4.79 Å². The van der Waals surface area contributed by atoms with Crippen LogP contribution >= 0.6 is 27.3 Å². The fourth-order valence-corrected chi connectivity index (χ4v) is 3.78. The van der Waals surface area contributed by atoms with E-state index in [1.807, 2.05) is 11.4 Å². The summed E-state index contributed by atoms with van der Waals surface area (Å²) < 4.78 is 6.22. The van der Waals surface area contributed by atoms with Gasteiger partial charge in [-0.2, -0.15) is 4.98 Å². The summed E-state index contributed by atoms with van der Waals surface area (Å²) in [6, 6.07) is 2.08. The number of hydrogen-bond acceptors (Lipinski definition) is 6. The molecule has 1 amide bonds. The molecule has 1 fully saturated rings. The van der Waals surface area contributed by atoms with Crippen LogP contribution in [-0.2, 0) is 6.54 Å². The fourth-order valence-electron chi connectivity index (χ4n) is 2.27. The van der Waals surface area contributed by atoms with Crippen molar-refractivity contribution in [3.63, 3.8) is 0 Å². The molecule has 1 unspecified atom stereocenters. The van der Waals surface area contributed by atoms with Crippen molar-refractivity contribution in [3.05, 3.63) is 32.5 Å². The molecule has 8 heteroatoms. The van der Waals surface area contributed by atoms with Crippen LogP contribution in [0.2, 0.25) is 0 Å². The van der Waals surface area contributed by atoms with Crippen molar-refractivity contribution in [1.29, 1.82) is 0 Å². The number of carbonyl (C=O) groups is 1. The summed E-state index contributed by atoms with van der Waals surface area (Å²) in [5.41, 5.74) is 0. The second-order valence-corrected chi connectivity index (χ2v) is 6.91. The van der Waals surface area contributed by atoms with Gasteiger partial charge in [-0.3, -0.25) is 4.79 Å². The first-order chi connectivity index (χ1) is 10.1. The van der Waals surface area contributed by atoms with Gasteiger partial charge in [-0.05, 0) is 41.4 Å². The Hall–Kier alpha value is -1.25. The third kappa shape index (κ3) is 3.33. The molecular formula is C13H15BrN4O2S. The van der Waals surface area contributed by atoms with E-state index in [1.54, 1.807) is 23.3 Å². The van der Waals surface area contributed by atoms with Gasteiger partial charge in [0, 0.05) is 21.8 Å². The molecule has 1 aliphatic heterocycles. The van der Waals surface area contributed by atoms with Gasteiger partial charge in [-0.1, -0.05) is 5.16 Å². The van der Waals surface area contributed by atoms with Crippen LogP contribution in [-0.4, -0.2) is 34.5 Å². The average Bonchev–Trinajstić information content (AvgIpc) is 3.18. The van der Waals surface area contributed by atoms with Crippen molar-refractivity contribution in [2.24, 2.45) is 0 Å². The first-order valence-corrected chi connectivity index (χ1v) is 8.36. The van der Waals surface area contributed by atoms with Crippen LogP contribution in [0, 0.1) is 0 Å². The SMILES string of the molecule is CN(Cc1cc(Br)cs1)C(=O)c1noc(C2CCCN2)n1. The largest absolute Gasteiger partial charge is 0.337 e. The van der Waals surface area contributed by atoms with E-state index in [-0.39, 0.29) is 17.8 Å². The fraction of sp³-hybridized carbons (Fsp3) is 0.462. The Morgan fingerprint density at radius 2 is 2.52 bits per heavy atom. The quantitative estimate of drug-likeness (QED) is 0.895. The maximum atomic E-state index is 12.3. The smallest absolute Gasteiger partial charge is 0.295 e. The number of carbonyl (C=O) groups excluding carboxylic acids is 1. The Morgan fingerprint density at radius 1 is 1.67 bits per heavy atom. The van der Waals surface area contributed by atoms with Crippen LogP contribution in [0.4, 0.5) is 0 Å². The van der Waals surface area contributed by atoms with Crippen molar-refractivity contribution in [1.82, 2.24) is 20.4 Å². The zero-order valence-corrected chi connectivity index (χ0v) is 13.9. The van der Waals surface area contributed by atoms with Gasteiger partial charge < -0.3 is 14.7 Å². The van der Waals surface area contributed by atoms with Crippen molar-refractivity contribution in [2.75, 3.05) is 13.6 Å². The zero-order chi connectivity index (χ0) is 14.8. The molecule has 1 saturated heterocycles. The van der Waals surface area contributed by atoms with Crippen LogP contribution in [0.5, 0.6) is 0 Å². The van der Waals surface area contributed by atoms with E-state index < -0.39 is 0 Å². The maximum absolute atomic E-state index is 12.3. The van der Waals surface area contributed by atoms with Gasteiger partial charge in [-0.15, -0.1) is 11.3 Å². The predicted octanol–water partition coefficient (Wildman–Crippen LogP) is 2.59. The summed E-state index contributed by atoms with van der Waals surface area (Å²) in [5.74, 6) is 0.396. The lowest BCUT2D eigenvalue weighted by Gasteiger charge is -2.13.